The van der Waals surface area contributed by atoms with E-state index in [-0.39, 0.29) is 5.96 Å². The highest BCUT2D eigenvalue weighted by molar-refractivity contribution is 6.01. The van der Waals surface area contributed by atoms with E-state index in [1.54, 1.807) is 41.5 Å². The van der Waals surface area contributed by atoms with Gasteiger partial charge in [-0.05, 0) is 71.2 Å². The second kappa shape index (κ2) is 12.1. The number of carbonyl (C=O) groups excluding carboxylic acids is 2. The molecule has 184 valence electrons. The largest absolute Gasteiger partial charge is 0.489 e. The quantitative estimate of drug-likeness (QED) is 0.447. The van der Waals surface area contributed by atoms with Gasteiger partial charge < -0.3 is 14.2 Å². The van der Waals surface area contributed by atoms with Crippen LogP contribution < -0.4 is 15.4 Å². The normalized spacial score (nSPS) is 11.2. The highest BCUT2D eigenvalue weighted by Gasteiger charge is 2.21. The second-order valence-electron chi connectivity index (χ2n) is 9.65. The van der Waals surface area contributed by atoms with Crippen molar-refractivity contribution in [1.29, 1.82) is 0 Å². The zero-order chi connectivity index (χ0) is 25.2. The number of nitrogens with zero attached hydrogens (tertiary/aromatic N) is 1. The van der Waals surface area contributed by atoms with Crippen molar-refractivity contribution in [1.82, 2.24) is 10.6 Å². The minimum absolute atomic E-state index is 0.0358. The number of ether oxygens (including phenoxy) is 3. The van der Waals surface area contributed by atoms with E-state index in [2.05, 4.69) is 15.6 Å². The molecule has 8 heteroatoms. The van der Waals surface area contributed by atoms with Gasteiger partial charge in [-0.15, -0.1) is 0 Å². The average Bonchev–Trinajstić information content (AvgIpc) is 2.71. The molecule has 2 rings (SSSR count). The van der Waals surface area contributed by atoms with Crippen LogP contribution in [-0.4, -0.2) is 35.9 Å². The minimum Gasteiger partial charge on any atom is -0.489 e. The van der Waals surface area contributed by atoms with Gasteiger partial charge in [-0.1, -0.05) is 42.5 Å². The molecule has 2 N–H and O–H groups in total. The van der Waals surface area contributed by atoms with Gasteiger partial charge in [-0.3, -0.25) is 15.6 Å². The van der Waals surface area contributed by atoms with E-state index in [0.29, 0.717) is 19.6 Å². The van der Waals surface area contributed by atoms with Gasteiger partial charge in [0, 0.05) is 6.54 Å². The summed E-state index contributed by atoms with van der Waals surface area (Å²) in [5, 5.41) is 4.95. The van der Waals surface area contributed by atoms with Crippen LogP contribution in [0.15, 0.2) is 59.6 Å². The van der Waals surface area contributed by atoms with Crippen LogP contribution in [-0.2, 0) is 22.5 Å². The second-order valence-corrected chi connectivity index (χ2v) is 9.65. The molecule has 0 saturated heterocycles. The first-order valence-electron chi connectivity index (χ1n) is 11.2. The fourth-order valence-corrected chi connectivity index (χ4v) is 2.70. The van der Waals surface area contributed by atoms with Gasteiger partial charge in [0.25, 0.3) is 0 Å². The van der Waals surface area contributed by atoms with Gasteiger partial charge in [0.15, 0.2) is 0 Å². The van der Waals surface area contributed by atoms with Crippen LogP contribution in [0.2, 0.25) is 0 Å². The third-order valence-electron chi connectivity index (χ3n) is 4.08. The molecule has 0 aliphatic rings. The van der Waals surface area contributed by atoms with Crippen LogP contribution in [0, 0.1) is 0 Å². The maximum absolute atomic E-state index is 12.2. The molecular weight excluding hydrogens is 434 g/mol. The zero-order valence-electron chi connectivity index (χ0n) is 20.8. The third-order valence-corrected chi connectivity index (χ3v) is 4.08. The first-order valence-corrected chi connectivity index (χ1v) is 11.2. The standard InChI is InChI=1S/C26H35N3O5/c1-25(2,3)33-23(30)28-22(29-24(31)34-26(4,5)6)27-17-16-19-12-14-21(15-13-19)32-18-20-10-8-7-9-11-20/h7-15H,16-18H2,1-6H3,(H2,27,28,29,30,31). The Morgan fingerprint density at radius 1 is 0.765 bits per heavy atom. The van der Waals surface area contributed by atoms with Crippen LogP contribution in [0.1, 0.15) is 52.7 Å². The smallest absolute Gasteiger partial charge is 0.414 e. The van der Waals surface area contributed by atoms with Crippen LogP contribution in [0.3, 0.4) is 0 Å². The highest BCUT2D eigenvalue weighted by atomic mass is 16.6. The van der Waals surface area contributed by atoms with Gasteiger partial charge in [0.1, 0.15) is 23.6 Å². The van der Waals surface area contributed by atoms with Crippen LogP contribution in [0.5, 0.6) is 5.75 Å². The Labute approximate surface area is 201 Å². The number of rotatable bonds is 6. The van der Waals surface area contributed by atoms with Gasteiger partial charge in [-0.2, -0.15) is 0 Å². The molecular formula is C26H35N3O5. The summed E-state index contributed by atoms with van der Waals surface area (Å²) in [4.78, 5) is 28.6. The fraction of sp³-hybridized carbons (Fsp3) is 0.423. The first kappa shape index (κ1) is 26.7. The summed E-state index contributed by atoms with van der Waals surface area (Å²) >= 11 is 0. The van der Waals surface area contributed by atoms with Crippen molar-refractivity contribution in [3.8, 4) is 5.75 Å². The number of benzene rings is 2. The minimum atomic E-state index is -0.720. The van der Waals surface area contributed by atoms with E-state index in [0.717, 1.165) is 16.9 Å². The van der Waals surface area contributed by atoms with E-state index < -0.39 is 23.4 Å². The van der Waals surface area contributed by atoms with Crippen molar-refractivity contribution < 1.29 is 23.8 Å². The van der Waals surface area contributed by atoms with E-state index in [9.17, 15) is 9.59 Å². The molecule has 8 nitrogen and oxygen atoms in total. The topological polar surface area (TPSA) is 98.3 Å². The van der Waals surface area contributed by atoms with Gasteiger partial charge in [0.2, 0.25) is 5.96 Å². The number of nitrogens with one attached hydrogen (secondary N) is 2. The van der Waals surface area contributed by atoms with Crippen molar-refractivity contribution in [2.45, 2.75) is 65.8 Å². The number of alkyl carbamates (subject to hydrolysis) is 2. The maximum Gasteiger partial charge on any atom is 0.414 e. The van der Waals surface area contributed by atoms with Crippen molar-refractivity contribution >= 4 is 18.1 Å². The SMILES string of the molecule is CC(C)(C)OC(=O)NC(=NCCc1ccc(OCc2ccccc2)cc1)NC(=O)OC(C)(C)C. The average molecular weight is 470 g/mol. The predicted molar refractivity (Wildman–Crippen MR) is 132 cm³/mol. The third kappa shape index (κ3) is 11.4. The van der Waals surface area contributed by atoms with Crippen molar-refractivity contribution in [3.05, 3.63) is 65.7 Å². The summed E-state index contributed by atoms with van der Waals surface area (Å²) in [6.45, 7) is 11.3. The van der Waals surface area contributed by atoms with Crippen molar-refractivity contribution in [2.75, 3.05) is 6.54 Å². The lowest BCUT2D eigenvalue weighted by molar-refractivity contribution is 0.0545. The molecule has 34 heavy (non-hydrogen) atoms. The number of hydrogen-bond acceptors (Lipinski definition) is 6. The highest BCUT2D eigenvalue weighted by Crippen LogP contribution is 2.15. The Hall–Kier alpha value is -3.55. The molecule has 0 aliphatic heterocycles. The summed E-state index contributed by atoms with van der Waals surface area (Å²) in [5.41, 5.74) is 0.754. The summed E-state index contributed by atoms with van der Waals surface area (Å²) in [5.74, 6) is 0.737. The molecule has 2 amide bonds. The molecule has 2 aromatic carbocycles. The molecule has 0 unspecified atom stereocenters. The Balaban J connectivity index is 1.95. The lowest BCUT2D eigenvalue weighted by Gasteiger charge is -2.22. The van der Waals surface area contributed by atoms with Crippen LogP contribution in [0.4, 0.5) is 9.59 Å². The zero-order valence-corrected chi connectivity index (χ0v) is 20.8. The van der Waals surface area contributed by atoms with E-state index in [4.69, 9.17) is 14.2 Å². The Kier molecular flexibility index (Phi) is 9.47. The number of aliphatic imine (C=N–C) groups is 1. The summed E-state index contributed by atoms with van der Waals surface area (Å²) in [7, 11) is 0. The van der Waals surface area contributed by atoms with Gasteiger partial charge in [-0.25, -0.2) is 9.59 Å². The van der Waals surface area contributed by atoms with Crippen LogP contribution >= 0.6 is 0 Å². The van der Waals surface area contributed by atoms with Gasteiger partial charge in [0.05, 0.1) is 0 Å². The molecule has 0 heterocycles. The number of hydrogen-bond donors (Lipinski definition) is 2. The number of guanidine groups is 1. The molecule has 0 aliphatic carbocycles. The molecule has 0 aromatic heterocycles. The summed E-state index contributed by atoms with van der Waals surface area (Å²) in [6, 6.07) is 17.7. The lowest BCUT2D eigenvalue weighted by atomic mass is 10.1. The Morgan fingerprint density at radius 3 is 1.79 bits per heavy atom. The molecule has 2 aromatic rings. The monoisotopic (exact) mass is 469 g/mol. The molecule has 0 radical (unpaired) electrons. The first-order chi connectivity index (χ1) is 15.9. The fourth-order valence-electron chi connectivity index (χ4n) is 2.70. The predicted octanol–water partition coefficient (Wildman–Crippen LogP) is 5.21. The summed E-state index contributed by atoms with van der Waals surface area (Å²) in [6.07, 6.45) is -0.849. The Bertz CT molecular complexity index is 927. The molecule has 0 atom stereocenters. The van der Waals surface area contributed by atoms with E-state index in [1.807, 2.05) is 54.6 Å². The van der Waals surface area contributed by atoms with Crippen LogP contribution in [0.25, 0.3) is 0 Å². The lowest BCUT2D eigenvalue weighted by Crippen LogP contribution is -2.47. The molecule has 0 fully saturated rings. The Morgan fingerprint density at radius 2 is 1.29 bits per heavy atom. The number of carbonyl (C=O) groups is 2. The molecule has 0 spiro atoms. The van der Waals surface area contributed by atoms with Gasteiger partial charge >= 0.3 is 12.2 Å². The van der Waals surface area contributed by atoms with E-state index >= 15 is 0 Å². The summed E-state index contributed by atoms with van der Waals surface area (Å²) < 4.78 is 16.3. The van der Waals surface area contributed by atoms with Crippen molar-refractivity contribution in [3.63, 3.8) is 0 Å². The molecule has 0 saturated carbocycles. The molecule has 0 bridgehead atoms. The van der Waals surface area contributed by atoms with Crippen molar-refractivity contribution in [2.24, 2.45) is 4.99 Å². The number of amides is 2. The maximum atomic E-state index is 12.2. The van der Waals surface area contributed by atoms with E-state index in [1.165, 1.54) is 0 Å².